The standard InChI is InChI=1S/C22H27N3O3/c1-4-25(14-20(26)23-16(2)3)15-21(27)24-19-13-9-8-12-18(19)22(28)17-10-6-5-7-11-17/h5-13,16H,4,14-15H2,1-3H3,(H,23,26)(H,24,27). The fourth-order valence-corrected chi connectivity index (χ4v) is 2.78. The van der Waals surface area contributed by atoms with Gasteiger partial charge in [0.25, 0.3) is 0 Å². The van der Waals surface area contributed by atoms with Gasteiger partial charge in [0.05, 0.1) is 18.8 Å². The van der Waals surface area contributed by atoms with Crippen molar-refractivity contribution >= 4 is 23.3 Å². The first-order valence-electron chi connectivity index (χ1n) is 9.41. The third-order valence-corrected chi connectivity index (χ3v) is 4.11. The summed E-state index contributed by atoms with van der Waals surface area (Å²) in [5.41, 5.74) is 1.46. The van der Waals surface area contributed by atoms with Gasteiger partial charge in [-0.25, -0.2) is 0 Å². The second-order valence-corrected chi connectivity index (χ2v) is 6.81. The number of nitrogens with one attached hydrogen (secondary N) is 2. The number of hydrogen-bond acceptors (Lipinski definition) is 4. The molecule has 0 spiro atoms. The fraction of sp³-hybridized carbons (Fsp3) is 0.318. The molecule has 0 radical (unpaired) electrons. The molecule has 0 saturated carbocycles. The van der Waals surface area contributed by atoms with Crippen LogP contribution in [-0.2, 0) is 9.59 Å². The zero-order valence-electron chi connectivity index (χ0n) is 16.6. The van der Waals surface area contributed by atoms with E-state index in [2.05, 4.69) is 10.6 Å². The molecule has 0 unspecified atom stereocenters. The maximum Gasteiger partial charge on any atom is 0.238 e. The molecule has 0 atom stereocenters. The first-order valence-corrected chi connectivity index (χ1v) is 9.41. The van der Waals surface area contributed by atoms with Crippen LogP contribution >= 0.6 is 0 Å². The van der Waals surface area contributed by atoms with Crippen molar-refractivity contribution in [3.05, 3.63) is 65.7 Å². The molecule has 2 aromatic carbocycles. The van der Waals surface area contributed by atoms with Gasteiger partial charge in [0.15, 0.2) is 5.78 Å². The second kappa shape index (κ2) is 10.4. The number of carbonyl (C=O) groups is 3. The summed E-state index contributed by atoms with van der Waals surface area (Å²) in [7, 11) is 0. The number of rotatable bonds is 9. The highest BCUT2D eigenvalue weighted by Gasteiger charge is 2.17. The quantitative estimate of drug-likeness (QED) is 0.655. The predicted molar refractivity (Wildman–Crippen MR) is 110 cm³/mol. The van der Waals surface area contributed by atoms with Crippen LogP contribution < -0.4 is 10.6 Å². The summed E-state index contributed by atoms with van der Waals surface area (Å²) >= 11 is 0. The molecule has 2 amide bonds. The topological polar surface area (TPSA) is 78.5 Å². The number of amides is 2. The summed E-state index contributed by atoms with van der Waals surface area (Å²) in [6, 6.07) is 15.9. The Labute approximate surface area is 165 Å². The van der Waals surface area contributed by atoms with Crippen LogP contribution in [0.3, 0.4) is 0 Å². The van der Waals surface area contributed by atoms with Gasteiger partial charge in [-0.15, -0.1) is 0 Å². The van der Waals surface area contributed by atoms with Crippen molar-refractivity contribution in [2.45, 2.75) is 26.8 Å². The van der Waals surface area contributed by atoms with Crippen molar-refractivity contribution in [1.82, 2.24) is 10.2 Å². The van der Waals surface area contributed by atoms with Gasteiger partial charge in [-0.3, -0.25) is 19.3 Å². The molecule has 2 rings (SSSR count). The van der Waals surface area contributed by atoms with Crippen molar-refractivity contribution < 1.29 is 14.4 Å². The molecule has 6 nitrogen and oxygen atoms in total. The predicted octanol–water partition coefficient (Wildman–Crippen LogP) is 2.70. The molecular weight excluding hydrogens is 354 g/mol. The van der Waals surface area contributed by atoms with Crippen LogP contribution in [0.1, 0.15) is 36.7 Å². The highest BCUT2D eigenvalue weighted by atomic mass is 16.2. The number of hydrogen-bond donors (Lipinski definition) is 2. The Hall–Kier alpha value is -2.99. The van der Waals surface area contributed by atoms with E-state index in [0.717, 1.165) is 0 Å². The number of nitrogens with zero attached hydrogens (tertiary/aromatic N) is 1. The van der Waals surface area contributed by atoms with E-state index in [1.165, 1.54) is 0 Å². The van der Waals surface area contributed by atoms with Gasteiger partial charge < -0.3 is 10.6 Å². The largest absolute Gasteiger partial charge is 0.353 e. The average Bonchev–Trinajstić information content (AvgIpc) is 2.67. The number of ketones is 1. The minimum Gasteiger partial charge on any atom is -0.353 e. The van der Waals surface area contributed by atoms with Crippen LogP contribution in [0.5, 0.6) is 0 Å². The molecule has 0 bridgehead atoms. The third kappa shape index (κ3) is 6.32. The van der Waals surface area contributed by atoms with Gasteiger partial charge in [-0.05, 0) is 32.5 Å². The van der Waals surface area contributed by atoms with Gasteiger partial charge in [-0.2, -0.15) is 0 Å². The minimum atomic E-state index is -0.271. The molecule has 6 heteroatoms. The Morgan fingerprint density at radius 2 is 1.50 bits per heavy atom. The second-order valence-electron chi connectivity index (χ2n) is 6.81. The Kier molecular flexibility index (Phi) is 7.89. The molecule has 148 valence electrons. The zero-order valence-corrected chi connectivity index (χ0v) is 16.6. The summed E-state index contributed by atoms with van der Waals surface area (Å²) in [5, 5.41) is 5.62. The van der Waals surface area contributed by atoms with E-state index < -0.39 is 0 Å². The van der Waals surface area contributed by atoms with Crippen LogP contribution in [0, 0.1) is 0 Å². The van der Waals surface area contributed by atoms with E-state index in [9.17, 15) is 14.4 Å². The molecule has 28 heavy (non-hydrogen) atoms. The lowest BCUT2D eigenvalue weighted by Crippen LogP contribution is -2.42. The Morgan fingerprint density at radius 3 is 2.14 bits per heavy atom. The van der Waals surface area contributed by atoms with Crippen molar-refractivity contribution in [3.63, 3.8) is 0 Å². The van der Waals surface area contributed by atoms with Crippen LogP contribution in [-0.4, -0.2) is 48.2 Å². The lowest BCUT2D eigenvalue weighted by atomic mass is 10.0. The van der Waals surface area contributed by atoms with Gasteiger partial charge in [-0.1, -0.05) is 49.4 Å². The van der Waals surface area contributed by atoms with Gasteiger partial charge in [0, 0.05) is 17.2 Å². The molecule has 2 N–H and O–H groups in total. The lowest BCUT2D eigenvalue weighted by Gasteiger charge is -2.20. The Balaban J connectivity index is 2.06. The Bertz CT molecular complexity index is 819. The minimum absolute atomic E-state index is 0.0518. The fourth-order valence-electron chi connectivity index (χ4n) is 2.78. The molecule has 0 heterocycles. The SMILES string of the molecule is CCN(CC(=O)Nc1ccccc1C(=O)c1ccccc1)CC(=O)NC(C)C. The molecule has 0 aromatic heterocycles. The van der Waals surface area contributed by atoms with E-state index in [1.54, 1.807) is 53.4 Å². The number of para-hydroxylation sites is 1. The maximum absolute atomic E-state index is 12.8. The maximum atomic E-state index is 12.8. The van der Waals surface area contributed by atoms with Crippen molar-refractivity contribution in [2.24, 2.45) is 0 Å². The van der Waals surface area contributed by atoms with Gasteiger partial charge in [0.2, 0.25) is 11.8 Å². The van der Waals surface area contributed by atoms with Gasteiger partial charge >= 0.3 is 0 Å². The van der Waals surface area contributed by atoms with E-state index >= 15 is 0 Å². The first kappa shape index (κ1) is 21.3. The monoisotopic (exact) mass is 381 g/mol. The van der Waals surface area contributed by atoms with E-state index in [0.29, 0.717) is 23.4 Å². The number of anilines is 1. The van der Waals surface area contributed by atoms with Crippen LogP contribution in [0.25, 0.3) is 0 Å². The lowest BCUT2D eigenvalue weighted by molar-refractivity contribution is -0.123. The summed E-state index contributed by atoms with van der Waals surface area (Å²) in [6.45, 7) is 6.44. The summed E-state index contributed by atoms with van der Waals surface area (Å²) in [4.78, 5) is 38.9. The summed E-state index contributed by atoms with van der Waals surface area (Å²) < 4.78 is 0. The Morgan fingerprint density at radius 1 is 0.893 bits per heavy atom. The van der Waals surface area contributed by atoms with Crippen molar-refractivity contribution in [3.8, 4) is 0 Å². The van der Waals surface area contributed by atoms with Crippen LogP contribution in [0.4, 0.5) is 5.69 Å². The molecule has 0 fully saturated rings. The highest BCUT2D eigenvalue weighted by molar-refractivity contribution is 6.13. The molecule has 0 saturated heterocycles. The first-order chi connectivity index (χ1) is 13.4. The van der Waals surface area contributed by atoms with Crippen LogP contribution in [0.2, 0.25) is 0 Å². The molecule has 0 aliphatic rings. The van der Waals surface area contributed by atoms with Crippen molar-refractivity contribution in [2.75, 3.05) is 25.0 Å². The highest BCUT2D eigenvalue weighted by Crippen LogP contribution is 2.19. The van der Waals surface area contributed by atoms with E-state index in [1.807, 2.05) is 26.8 Å². The normalized spacial score (nSPS) is 10.8. The van der Waals surface area contributed by atoms with Crippen LogP contribution in [0.15, 0.2) is 54.6 Å². The average molecular weight is 381 g/mol. The number of carbonyl (C=O) groups excluding carboxylic acids is 3. The smallest absolute Gasteiger partial charge is 0.238 e. The number of benzene rings is 2. The van der Waals surface area contributed by atoms with E-state index in [-0.39, 0.29) is 36.7 Å². The molecule has 0 aliphatic carbocycles. The zero-order chi connectivity index (χ0) is 20.5. The molecule has 0 aliphatic heterocycles. The van der Waals surface area contributed by atoms with Crippen molar-refractivity contribution in [1.29, 1.82) is 0 Å². The summed E-state index contributed by atoms with van der Waals surface area (Å²) in [6.07, 6.45) is 0. The third-order valence-electron chi connectivity index (χ3n) is 4.11. The summed E-state index contributed by atoms with van der Waals surface area (Å²) in [5.74, 6) is -0.544. The van der Waals surface area contributed by atoms with E-state index in [4.69, 9.17) is 0 Å². The molecular formula is C22H27N3O3. The molecule has 2 aromatic rings. The number of likely N-dealkylation sites (N-methyl/N-ethyl adjacent to an activating group) is 1. The van der Waals surface area contributed by atoms with Gasteiger partial charge in [0.1, 0.15) is 0 Å².